The van der Waals surface area contributed by atoms with E-state index in [9.17, 15) is 8.76 Å². The zero-order valence-corrected chi connectivity index (χ0v) is 7.71. The van der Waals surface area contributed by atoms with Crippen LogP contribution in [0.15, 0.2) is 29.2 Å². The summed E-state index contributed by atoms with van der Waals surface area (Å²) in [6.45, 7) is 0.509. The molecule has 0 fully saturated rings. The third kappa shape index (κ3) is 3.14. The Morgan fingerprint density at radius 1 is 1.38 bits per heavy atom. The maximum absolute atomic E-state index is 10.5. The van der Waals surface area contributed by atoms with Crippen LogP contribution in [0.1, 0.15) is 0 Å². The fraction of sp³-hybridized carbons (Fsp3) is 0.250. The van der Waals surface area contributed by atoms with Gasteiger partial charge in [-0.25, -0.2) is 0 Å². The molecule has 1 atom stereocenters. The van der Waals surface area contributed by atoms with Gasteiger partial charge in [0, 0.05) is 17.1 Å². The lowest BCUT2D eigenvalue weighted by molar-refractivity contribution is 0.311. The molecule has 1 unspecified atom stereocenters. The molecular formula is C8H10NO3S-. The summed E-state index contributed by atoms with van der Waals surface area (Å²) >= 11 is -2.17. The molecule has 1 rings (SSSR count). The van der Waals surface area contributed by atoms with Gasteiger partial charge in [-0.15, -0.1) is 0 Å². The molecule has 0 aliphatic heterocycles. The van der Waals surface area contributed by atoms with Gasteiger partial charge in [-0.2, -0.15) is 0 Å². The van der Waals surface area contributed by atoms with E-state index in [4.69, 9.17) is 5.11 Å². The van der Waals surface area contributed by atoms with Crippen molar-refractivity contribution in [3.8, 4) is 0 Å². The Bertz CT molecular complexity index is 286. The van der Waals surface area contributed by atoms with E-state index in [1.165, 1.54) is 12.1 Å². The Morgan fingerprint density at radius 2 is 2.00 bits per heavy atom. The van der Waals surface area contributed by atoms with E-state index >= 15 is 0 Å². The Kier molecular flexibility index (Phi) is 3.88. The largest absolute Gasteiger partial charge is 0.768 e. The smallest absolute Gasteiger partial charge is 0.0604 e. The van der Waals surface area contributed by atoms with Crippen molar-refractivity contribution >= 4 is 16.8 Å². The highest BCUT2D eigenvalue weighted by atomic mass is 32.2. The highest BCUT2D eigenvalue weighted by Gasteiger charge is 1.92. The molecule has 0 bridgehead atoms. The van der Waals surface area contributed by atoms with Gasteiger partial charge in [-0.05, 0) is 35.3 Å². The molecule has 5 heteroatoms. The molecule has 0 spiro atoms. The van der Waals surface area contributed by atoms with Gasteiger partial charge in [-0.3, -0.25) is 4.21 Å². The summed E-state index contributed by atoms with van der Waals surface area (Å²) in [5, 5.41) is 11.4. The minimum atomic E-state index is -2.17. The Hall–Kier alpha value is -0.910. The molecule has 0 saturated carbocycles. The van der Waals surface area contributed by atoms with Crippen LogP contribution in [-0.4, -0.2) is 27.0 Å². The predicted molar refractivity (Wildman–Crippen MR) is 49.2 cm³/mol. The van der Waals surface area contributed by atoms with Gasteiger partial charge in [-0.1, -0.05) is 0 Å². The summed E-state index contributed by atoms with van der Waals surface area (Å²) in [5.74, 6) is 0. The molecule has 0 heterocycles. The first-order valence-electron chi connectivity index (χ1n) is 3.78. The van der Waals surface area contributed by atoms with E-state index in [1.54, 1.807) is 12.1 Å². The maximum Gasteiger partial charge on any atom is 0.0604 e. The monoisotopic (exact) mass is 200 g/mol. The predicted octanol–water partition coefficient (Wildman–Crippen LogP) is 0.329. The second-order valence-corrected chi connectivity index (χ2v) is 3.35. The summed E-state index contributed by atoms with van der Waals surface area (Å²) in [6, 6.07) is 6.31. The second kappa shape index (κ2) is 4.96. The third-order valence-corrected chi connectivity index (χ3v) is 2.14. The van der Waals surface area contributed by atoms with E-state index in [0.29, 0.717) is 6.54 Å². The minimum Gasteiger partial charge on any atom is -0.768 e. The normalized spacial score (nSPS) is 12.5. The van der Waals surface area contributed by atoms with E-state index in [2.05, 4.69) is 5.32 Å². The first kappa shape index (κ1) is 10.2. The lowest BCUT2D eigenvalue weighted by Crippen LogP contribution is -2.05. The molecule has 1 aromatic carbocycles. The van der Waals surface area contributed by atoms with Crippen LogP contribution in [0.25, 0.3) is 0 Å². The van der Waals surface area contributed by atoms with Crippen molar-refractivity contribution in [2.24, 2.45) is 0 Å². The number of hydrogen-bond donors (Lipinski definition) is 2. The first-order chi connectivity index (χ1) is 6.24. The number of anilines is 1. The van der Waals surface area contributed by atoms with E-state index < -0.39 is 11.1 Å². The summed E-state index contributed by atoms with van der Waals surface area (Å²) in [5.41, 5.74) is 0.795. The Morgan fingerprint density at radius 3 is 2.46 bits per heavy atom. The van der Waals surface area contributed by atoms with E-state index in [1.807, 2.05) is 0 Å². The quantitative estimate of drug-likeness (QED) is 0.687. The summed E-state index contributed by atoms with van der Waals surface area (Å²) in [4.78, 5) is 0.259. The molecule has 13 heavy (non-hydrogen) atoms. The van der Waals surface area contributed by atoms with Gasteiger partial charge < -0.3 is 15.0 Å². The number of rotatable bonds is 4. The number of aliphatic hydroxyl groups is 1. The van der Waals surface area contributed by atoms with Gasteiger partial charge >= 0.3 is 0 Å². The average Bonchev–Trinajstić information content (AvgIpc) is 2.15. The van der Waals surface area contributed by atoms with Crippen molar-refractivity contribution < 1.29 is 13.9 Å². The van der Waals surface area contributed by atoms with Crippen LogP contribution in [0.4, 0.5) is 5.69 Å². The van der Waals surface area contributed by atoms with Crippen molar-refractivity contribution in [3.63, 3.8) is 0 Å². The zero-order chi connectivity index (χ0) is 9.68. The molecule has 2 N–H and O–H groups in total. The number of hydrogen-bond acceptors (Lipinski definition) is 4. The maximum atomic E-state index is 10.5. The minimum absolute atomic E-state index is 0.0508. The van der Waals surface area contributed by atoms with Crippen LogP contribution < -0.4 is 5.32 Å². The van der Waals surface area contributed by atoms with Crippen molar-refractivity contribution in [2.75, 3.05) is 18.5 Å². The first-order valence-corrected chi connectivity index (χ1v) is 4.85. The molecule has 0 aliphatic rings. The molecule has 4 nitrogen and oxygen atoms in total. The van der Waals surface area contributed by atoms with Crippen LogP contribution in [0.5, 0.6) is 0 Å². The van der Waals surface area contributed by atoms with Gasteiger partial charge in [0.2, 0.25) is 0 Å². The molecule has 0 saturated heterocycles. The van der Waals surface area contributed by atoms with Crippen LogP contribution >= 0.6 is 0 Å². The second-order valence-electron chi connectivity index (χ2n) is 2.41. The summed E-state index contributed by atoms with van der Waals surface area (Å²) in [6.07, 6.45) is 0. The lowest BCUT2D eigenvalue weighted by atomic mass is 10.3. The Balaban J connectivity index is 2.64. The van der Waals surface area contributed by atoms with E-state index in [-0.39, 0.29) is 11.5 Å². The lowest BCUT2D eigenvalue weighted by Gasteiger charge is -2.07. The fourth-order valence-electron chi connectivity index (χ4n) is 0.884. The summed E-state index contributed by atoms with van der Waals surface area (Å²) < 4.78 is 20.9. The van der Waals surface area contributed by atoms with Crippen molar-refractivity contribution in [1.29, 1.82) is 0 Å². The molecule has 0 aromatic heterocycles. The highest BCUT2D eigenvalue weighted by Crippen LogP contribution is 2.10. The van der Waals surface area contributed by atoms with Gasteiger partial charge in [0.05, 0.1) is 6.61 Å². The van der Waals surface area contributed by atoms with Crippen LogP contribution in [0.2, 0.25) is 0 Å². The van der Waals surface area contributed by atoms with Crippen LogP contribution in [0.3, 0.4) is 0 Å². The number of benzene rings is 1. The summed E-state index contributed by atoms with van der Waals surface area (Å²) in [7, 11) is 0. The van der Waals surface area contributed by atoms with E-state index in [0.717, 1.165) is 5.69 Å². The van der Waals surface area contributed by atoms with Crippen molar-refractivity contribution in [2.45, 2.75) is 4.90 Å². The highest BCUT2D eigenvalue weighted by molar-refractivity contribution is 7.79. The van der Waals surface area contributed by atoms with Crippen LogP contribution in [0, 0.1) is 0 Å². The van der Waals surface area contributed by atoms with Gasteiger partial charge in [0.1, 0.15) is 0 Å². The fourth-order valence-corrected chi connectivity index (χ4v) is 1.24. The molecule has 0 radical (unpaired) electrons. The average molecular weight is 200 g/mol. The topological polar surface area (TPSA) is 72.4 Å². The molecular weight excluding hydrogens is 190 g/mol. The number of nitrogens with one attached hydrogen (secondary N) is 1. The number of aliphatic hydroxyl groups excluding tert-OH is 1. The molecule has 0 amide bonds. The standard InChI is InChI=1S/C8H11NO3S/c10-6-5-9-7-1-3-8(4-2-7)13(11)12/h1-4,9-10H,5-6H2,(H,11,12)/p-1. The zero-order valence-electron chi connectivity index (χ0n) is 6.90. The van der Waals surface area contributed by atoms with Gasteiger partial charge in [0.25, 0.3) is 0 Å². The third-order valence-electron chi connectivity index (χ3n) is 1.49. The molecule has 1 aromatic rings. The van der Waals surface area contributed by atoms with Gasteiger partial charge in [0.15, 0.2) is 0 Å². The SMILES string of the molecule is O=S([O-])c1ccc(NCCO)cc1. The van der Waals surface area contributed by atoms with Crippen molar-refractivity contribution in [1.82, 2.24) is 0 Å². The van der Waals surface area contributed by atoms with Crippen LogP contribution in [-0.2, 0) is 11.1 Å². The Labute approximate surface area is 78.9 Å². The van der Waals surface area contributed by atoms with Crippen molar-refractivity contribution in [3.05, 3.63) is 24.3 Å². The molecule has 72 valence electrons. The molecule has 0 aliphatic carbocycles.